The molecule has 10 heteroatoms. The van der Waals surface area contributed by atoms with E-state index >= 15 is 0 Å². The minimum Gasteiger partial charge on any atom is -0.365 e. The van der Waals surface area contributed by atoms with Crippen LogP contribution in [0.4, 0.5) is 17.5 Å². The fourth-order valence-corrected chi connectivity index (χ4v) is 4.38. The Kier molecular flexibility index (Phi) is 5.91. The van der Waals surface area contributed by atoms with Gasteiger partial charge in [-0.15, -0.1) is 0 Å². The third-order valence-electron chi connectivity index (χ3n) is 5.90. The summed E-state index contributed by atoms with van der Waals surface area (Å²) in [7, 11) is 0. The molecule has 0 spiro atoms. The Morgan fingerprint density at radius 1 is 1.22 bits per heavy atom. The molecule has 166 valence electrons. The largest absolute Gasteiger partial charge is 0.365 e. The average Bonchev–Trinajstić information content (AvgIpc) is 3.27. The van der Waals surface area contributed by atoms with E-state index in [1.54, 1.807) is 23.3 Å². The number of piperidine rings is 2. The van der Waals surface area contributed by atoms with E-state index in [1.807, 2.05) is 35.2 Å². The first-order valence-electron chi connectivity index (χ1n) is 10.8. The predicted octanol–water partition coefficient (Wildman–Crippen LogP) is 2.64. The molecule has 3 N–H and O–H groups in total. The number of nitrogens with one attached hydrogen (secondary N) is 3. The maximum absolute atomic E-state index is 12.8. The zero-order valence-corrected chi connectivity index (χ0v) is 18.3. The van der Waals surface area contributed by atoms with Crippen molar-refractivity contribution in [2.45, 2.75) is 38.0 Å². The molecule has 3 aliphatic rings. The van der Waals surface area contributed by atoms with Crippen LogP contribution >= 0.6 is 11.6 Å². The standard InChI is InChI=1S/C22H25ClN8O/c23-19-11-26-22(29-21(19)25-8-15-4-2-1-3-5-15)28-17-9-27-30(12-17)14-20(32)31-13-16-6-7-18(31)10-24-16/h1-5,9,11-12,16,18,24H,6-8,10,13-14H2,(H2,25,26,28,29). The number of carbonyl (C=O) groups excluding carboxylic acids is 1. The Morgan fingerprint density at radius 3 is 2.84 bits per heavy atom. The van der Waals surface area contributed by atoms with E-state index in [9.17, 15) is 4.79 Å². The lowest BCUT2D eigenvalue weighted by atomic mass is 9.93. The molecular formula is C22H25ClN8O. The summed E-state index contributed by atoms with van der Waals surface area (Å²) in [6.45, 7) is 2.49. The summed E-state index contributed by atoms with van der Waals surface area (Å²) < 4.78 is 1.64. The lowest BCUT2D eigenvalue weighted by molar-refractivity contribution is -0.138. The molecular weight excluding hydrogens is 428 g/mol. The van der Waals surface area contributed by atoms with Gasteiger partial charge in [0, 0.05) is 37.9 Å². The van der Waals surface area contributed by atoms with Crippen LogP contribution in [-0.2, 0) is 17.9 Å². The minimum absolute atomic E-state index is 0.103. The number of halogens is 1. The van der Waals surface area contributed by atoms with Crippen molar-refractivity contribution in [1.29, 1.82) is 0 Å². The number of amides is 1. The first-order valence-corrected chi connectivity index (χ1v) is 11.1. The van der Waals surface area contributed by atoms with Crippen LogP contribution in [0.25, 0.3) is 0 Å². The second-order valence-corrected chi connectivity index (χ2v) is 8.57. The molecule has 2 aromatic heterocycles. The molecule has 5 heterocycles. The highest BCUT2D eigenvalue weighted by Gasteiger charge is 2.35. The smallest absolute Gasteiger partial charge is 0.244 e. The number of fused-ring (bicyclic) bond motifs is 3. The van der Waals surface area contributed by atoms with Gasteiger partial charge in [0.05, 0.1) is 18.1 Å². The van der Waals surface area contributed by atoms with Crippen LogP contribution in [0.1, 0.15) is 18.4 Å². The summed E-state index contributed by atoms with van der Waals surface area (Å²) in [6, 6.07) is 10.7. The molecule has 2 bridgehead atoms. The summed E-state index contributed by atoms with van der Waals surface area (Å²) in [4.78, 5) is 23.5. The van der Waals surface area contributed by atoms with Gasteiger partial charge in [-0.25, -0.2) is 4.98 Å². The number of nitrogens with zero attached hydrogens (tertiary/aromatic N) is 5. The molecule has 3 saturated heterocycles. The van der Waals surface area contributed by atoms with Gasteiger partial charge in [-0.1, -0.05) is 41.9 Å². The van der Waals surface area contributed by atoms with Crippen molar-refractivity contribution in [2.75, 3.05) is 23.7 Å². The number of carbonyl (C=O) groups is 1. The van der Waals surface area contributed by atoms with Crippen molar-refractivity contribution in [2.24, 2.45) is 0 Å². The maximum Gasteiger partial charge on any atom is 0.244 e. The minimum atomic E-state index is 0.103. The van der Waals surface area contributed by atoms with Gasteiger partial charge in [-0.2, -0.15) is 10.1 Å². The van der Waals surface area contributed by atoms with Crippen LogP contribution in [-0.4, -0.2) is 55.7 Å². The summed E-state index contributed by atoms with van der Waals surface area (Å²) in [5.41, 5.74) is 1.83. The quantitative estimate of drug-likeness (QED) is 0.506. The van der Waals surface area contributed by atoms with E-state index in [0.29, 0.717) is 41.1 Å². The summed E-state index contributed by atoms with van der Waals surface area (Å²) in [5, 5.41) is 14.6. The molecule has 3 aliphatic heterocycles. The first-order chi connectivity index (χ1) is 15.6. The Hall–Kier alpha value is -3.17. The highest BCUT2D eigenvalue weighted by atomic mass is 35.5. The van der Waals surface area contributed by atoms with Gasteiger partial charge >= 0.3 is 0 Å². The summed E-state index contributed by atoms with van der Waals surface area (Å²) >= 11 is 6.25. The number of rotatable bonds is 7. The number of aromatic nitrogens is 4. The number of anilines is 3. The van der Waals surface area contributed by atoms with Gasteiger partial charge in [0.2, 0.25) is 11.9 Å². The molecule has 32 heavy (non-hydrogen) atoms. The molecule has 0 aliphatic carbocycles. The van der Waals surface area contributed by atoms with E-state index in [4.69, 9.17) is 11.6 Å². The van der Waals surface area contributed by atoms with Crippen molar-refractivity contribution in [3.05, 3.63) is 59.5 Å². The van der Waals surface area contributed by atoms with Gasteiger partial charge in [-0.05, 0) is 18.4 Å². The van der Waals surface area contributed by atoms with E-state index in [2.05, 4.69) is 31.0 Å². The van der Waals surface area contributed by atoms with E-state index < -0.39 is 0 Å². The zero-order valence-electron chi connectivity index (χ0n) is 17.5. The molecule has 3 aromatic rings. The Balaban J connectivity index is 1.20. The number of hydrogen-bond donors (Lipinski definition) is 3. The fourth-order valence-electron chi connectivity index (χ4n) is 4.22. The molecule has 1 aromatic carbocycles. The Bertz CT molecular complexity index is 1080. The molecule has 3 fully saturated rings. The van der Waals surface area contributed by atoms with Gasteiger partial charge in [0.15, 0.2) is 5.82 Å². The van der Waals surface area contributed by atoms with Crippen LogP contribution in [0, 0.1) is 0 Å². The van der Waals surface area contributed by atoms with Gasteiger partial charge in [-0.3, -0.25) is 9.48 Å². The Labute approximate surface area is 191 Å². The predicted molar refractivity (Wildman–Crippen MR) is 123 cm³/mol. The summed E-state index contributed by atoms with van der Waals surface area (Å²) in [6.07, 6.45) is 7.22. The Morgan fingerprint density at radius 2 is 2.09 bits per heavy atom. The van der Waals surface area contributed by atoms with Crippen molar-refractivity contribution in [3.63, 3.8) is 0 Å². The van der Waals surface area contributed by atoms with Crippen molar-refractivity contribution >= 4 is 35.0 Å². The highest BCUT2D eigenvalue weighted by Crippen LogP contribution is 2.24. The second-order valence-electron chi connectivity index (χ2n) is 8.16. The van der Waals surface area contributed by atoms with Crippen LogP contribution < -0.4 is 16.0 Å². The van der Waals surface area contributed by atoms with Crippen molar-refractivity contribution < 1.29 is 4.79 Å². The topological polar surface area (TPSA) is 100 Å². The lowest BCUT2D eigenvalue weighted by Gasteiger charge is -2.45. The number of hydrogen-bond acceptors (Lipinski definition) is 7. The second kappa shape index (κ2) is 9.13. The molecule has 0 radical (unpaired) electrons. The number of benzene rings is 1. The lowest BCUT2D eigenvalue weighted by Crippen LogP contribution is -2.62. The molecule has 1 amide bonds. The maximum atomic E-state index is 12.8. The molecule has 0 saturated carbocycles. The number of piperazine rings is 1. The van der Waals surface area contributed by atoms with Gasteiger partial charge in [0.1, 0.15) is 11.6 Å². The van der Waals surface area contributed by atoms with Gasteiger partial charge in [0.25, 0.3) is 0 Å². The fraction of sp³-hybridized carbons (Fsp3) is 0.364. The van der Waals surface area contributed by atoms with Crippen LogP contribution in [0.5, 0.6) is 0 Å². The molecule has 9 nitrogen and oxygen atoms in total. The van der Waals surface area contributed by atoms with E-state index in [-0.39, 0.29) is 12.5 Å². The highest BCUT2D eigenvalue weighted by molar-refractivity contribution is 6.32. The third-order valence-corrected chi connectivity index (χ3v) is 6.18. The molecule has 2 unspecified atom stereocenters. The van der Waals surface area contributed by atoms with E-state index in [0.717, 1.165) is 31.5 Å². The summed E-state index contributed by atoms with van der Waals surface area (Å²) in [5.74, 6) is 1.05. The monoisotopic (exact) mass is 452 g/mol. The van der Waals surface area contributed by atoms with Crippen LogP contribution in [0.2, 0.25) is 5.02 Å². The zero-order chi connectivity index (χ0) is 21.9. The van der Waals surface area contributed by atoms with Crippen molar-refractivity contribution in [1.82, 2.24) is 30.0 Å². The van der Waals surface area contributed by atoms with Crippen LogP contribution in [0.15, 0.2) is 48.9 Å². The first kappa shape index (κ1) is 20.7. The SMILES string of the molecule is O=C(Cn1cc(Nc2ncc(Cl)c(NCc3ccccc3)n2)cn1)N1CC2CCC1CN2. The van der Waals surface area contributed by atoms with E-state index in [1.165, 1.54) is 0 Å². The normalized spacial score (nSPS) is 19.7. The van der Waals surface area contributed by atoms with Crippen LogP contribution in [0.3, 0.4) is 0 Å². The molecule has 6 rings (SSSR count). The van der Waals surface area contributed by atoms with Gasteiger partial charge < -0.3 is 20.9 Å². The molecule has 2 atom stereocenters. The third kappa shape index (κ3) is 4.68. The van der Waals surface area contributed by atoms with Crippen molar-refractivity contribution in [3.8, 4) is 0 Å². The average molecular weight is 453 g/mol.